The summed E-state index contributed by atoms with van der Waals surface area (Å²) in [6.07, 6.45) is 1.63. The van der Waals surface area contributed by atoms with E-state index in [4.69, 9.17) is 18.0 Å². The molecule has 0 saturated heterocycles. The van der Waals surface area contributed by atoms with E-state index in [0.717, 1.165) is 11.8 Å². The van der Waals surface area contributed by atoms with Gasteiger partial charge in [-0.3, -0.25) is 4.72 Å². The summed E-state index contributed by atoms with van der Waals surface area (Å²) < 4.78 is 24.2. The fourth-order valence-corrected chi connectivity index (χ4v) is 1.84. The number of anilines is 1. The van der Waals surface area contributed by atoms with Gasteiger partial charge >= 0.3 is 0 Å². The number of sulfonamides is 1. The van der Waals surface area contributed by atoms with Gasteiger partial charge in [0, 0.05) is 12.1 Å². The third-order valence-electron chi connectivity index (χ3n) is 1.64. The molecule has 0 radical (unpaired) electrons. The number of nitrogens with one attached hydrogen (secondary N) is 1. The van der Waals surface area contributed by atoms with E-state index in [1.165, 1.54) is 0 Å². The Hall–Kier alpha value is -1.14. The molecule has 0 bridgehead atoms. The van der Waals surface area contributed by atoms with Crippen LogP contribution in [0.3, 0.4) is 0 Å². The zero-order chi connectivity index (χ0) is 11.5. The lowest BCUT2D eigenvalue weighted by Gasteiger charge is -2.04. The molecule has 82 valence electrons. The van der Waals surface area contributed by atoms with E-state index in [9.17, 15) is 8.42 Å². The molecule has 1 rings (SSSR count). The summed E-state index contributed by atoms with van der Waals surface area (Å²) in [5, 5.41) is 0. The second kappa shape index (κ2) is 4.59. The summed E-state index contributed by atoms with van der Waals surface area (Å²) in [6.45, 7) is 0. The van der Waals surface area contributed by atoms with Gasteiger partial charge in [0.2, 0.25) is 10.0 Å². The van der Waals surface area contributed by atoms with Crippen LogP contribution in [0.5, 0.6) is 0 Å². The van der Waals surface area contributed by atoms with Crippen molar-refractivity contribution >= 4 is 32.9 Å². The fraction of sp³-hybridized carbons (Fsp3) is 0.222. The molecule has 0 aliphatic heterocycles. The summed E-state index contributed by atoms with van der Waals surface area (Å²) in [4.78, 5) is 0.416. The zero-order valence-corrected chi connectivity index (χ0v) is 9.86. The number of hydrogen-bond donors (Lipinski definition) is 2. The molecule has 0 spiro atoms. The van der Waals surface area contributed by atoms with Crippen molar-refractivity contribution in [2.45, 2.75) is 6.42 Å². The molecule has 0 aliphatic rings. The van der Waals surface area contributed by atoms with E-state index in [-0.39, 0.29) is 0 Å². The van der Waals surface area contributed by atoms with Gasteiger partial charge in [-0.25, -0.2) is 8.42 Å². The Labute approximate surface area is 94.5 Å². The minimum atomic E-state index is -3.21. The molecule has 0 aromatic heterocycles. The standard InChI is InChI=1S/C9H12N2O2S2/c1-15(12,13)11-8-4-2-7(3-5-8)6-9(10)14/h2-5,11H,6H2,1H3,(H2,10,14). The predicted octanol–water partition coefficient (Wildman–Crippen LogP) is 0.887. The van der Waals surface area contributed by atoms with Gasteiger partial charge in [0.1, 0.15) is 0 Å². The molecule has 0 aliphatic carbocycles. The number of rotatable bonds is 4. The molecule has 1 aromatic carbocycles. The highest BCUT2D eigenvalue weighted by molar-refractivity contribution is 7.92. The lowest BCUT2D eigenvalue weighted by atomic mass is 10.1. The lowest BCUT2D eigenvalue weighted by molar-refractivity contribution is 0.607. The van der Waals surface area contributed by atoms with Gasteiger partial charge in [0.25, 0.3) is 0 Å². The van der Waals surface area contributed by atoms with Crippen molar-refractivity contribution in [3.63, 3.8) is 0 Å². The second-order valence-corrected chi connectivity index (χ2v) is 5.49. The summed E-state index contributed by atoms with van der Waals surface area (Å²) in [6, 6.07) is 6.92. The summed E-state index contributed by atoms with van der Waals surface area (Å²) in [5.74, 6) is 0. The van der Waals surface area contributed by atoms with Gasteiger partial charge in [-0.2, -0.15) is 0 Å². The molecule has 0 amide bonds. The van der Waals surface area contributed by atoms with Gasteiger partial charge in [-0.15, -0.1) is 0 Å². The Kier molecular flexibility index (Phi) is 3.65. The molecule has 4 nitrogen and oxygen atoms in total. The minimum absolute atomic E-state index is 0.416. The number of hydrogen-bond acceptors (Lipinski definition) is 3. The van der Waals surface area contributed by atoms with Crippen molar-refractivity contribution in [3.8, 4) is 0 Å². The third-order valence-corrected chi connectivity index (χ3v) is 2.39. The average Bonchev–Trinajstić information content (AvgIpc) is 2.05. The molecule has 0 atom stereocenters. The highest BCUT2D eigenvalue weighted by Crippen LogP contribution is 2.11. The van der Waals surface area contributed by atoms with E-state index in [2.05, 4.69) is 4.72 Å². The first kappa shape index (κ1) is 11.9. The van der Waals surface area contributed by atoms with Crippen LogP contribution in [0, 0.1) is 0 Å². The molecule has 15 heavy (non-hydrogen) atoms. The van der Waals surface area contributed by atoms with Gasteiger partial charge in [0.15, 0.2) is 0 Å². The quantitative estimate of drug-likeness (QED) is 0.771. The molecule has 3 N–H and O–H groups in total. The molecule has 1 aromatic rings. The van der Waals surface area contributed by atoms with Crippen LogP contribution < -0.4 is 10.5 Å². The Morgan fingerprint density at radius 3 is 2.33 bits per heavy atom. The Bertz CT molecular complexity index is 452. The van der Waals surface area contributed by atoms with E-state index >= 15 is 0 Å². The van der Waals surface area contributed by atoms with Crippen LogP contribution >= 0.6 is 12.2 Å². The monoisotopic (exact) mass is 244 g/mol. The van der Waals surface area contributed by atoms with Crippen LogP contribution in [0.1, 0.15) is 5.56 Å². The first-order valence-corrected chi connectivity index (χ1v) is 6.52. The number of benzene rings is 1. The van der Waals surface area contributed by atoms with Gasteiger partial charge in [0.05, 0.1) is 11.2 Å². The van der Waals surface area contributed by atoms with E-state index in [0.29, 0.717) is 17.1 Å². The largest absolute Gasteiger partial charge is 0.393 e. The predicted molar refractivity (Wildman–Crippen MR) is 65.4 cm³/mol. The number of nitrogens with two attached hydrogens (primary N) is 1. The molecule has 0 heterocycles. The SMILES string of the molecule is CS(=O)(=O)Nc1ccc(CC(N)=S)cc1. The van der Waals surface area contributed by atoms with Crippen LogP contribution in [0.25, 0.3) is 0 Å². The topological polar surface area (TPSA) is 72.2 Å². The van der Waals surface area contributed by atoms with Crippen molar-refractivity contribution in [1.29, 1.82) is 0 Å². The van der Waals surface area contributed by atoms with Crippen LogP contribution in [0.15, 0.2) is 24.3 Å². The van der Waals surface area contributed by atoms with Crippen LogP contribution in [0.4, 0.5) is 5.69 Å². The van der Waals surface area contributed by atoms with Crippen LogP contribution in [0.2, 0.25) is 0 Å². The molecular weight excluding hydrogens is 232 g/mol. The van der Waals surface area contributed by atoms with Gasteiger partial charge in [-0.1, -0.05) is 24.4 Å². The molecular formula is C9H12N2O2S2. The second-order valence-electron chi connectivity index (χ2n) is 3.21. The molecule has 0 fully saturated rings. The molecule has 0 saturated carbocycles. The van der Waals surface area contributed by atoms with Crippen LogP contribution in [-0.2, 0) is 16.4 Å². The zero-order valence-electron chi connectivity index (χ0n) is 8.23. The number of thiocarbonyl (C=S) groups is 1. The van der Waals surface area contributed by atoms with E-state index in [1.807, 2.05) is 0 Å². The Morgan fingerprint density at radius 2 is 1.93 bits per heavy atom. The van der Waals surface area contributed by atoms with Crippen molar-refractivity contribution in [2.24, 2.45) is 5.73 Å². The average molecular weight is 244 g/mol. The van der Waals surface area contributed by atoms with Crippen molar-refractivity contribution < 1.29 is 8.42 Å². The van der Waals surface area contributed by atoms with Crippen LogP contribution in [-0.4, -0.2) is 19.7 Å². The molecule has 6 heteroatoms. The highest BCUT2D eigenvalue weighted by Gasteiger charge is 2.01. The lowest BCUT2D eigenvalue weighted by Crippen LogP contribution is -2.11. The fourth-order valence-electron chi connectivity index (χ4n) is 1.11. The third kappa shape index (κ3) is 4.75. The minimum Gasteiger partial charge on any atom is -0.393 e. The van der Waals surface area contributed by atoms with Crippen molar-refractivity contribution in [2.75, 3.05) is 11.0 Å². The maximum Gasteiger partial charge on any atom is 0.229 e. The van der Waals surface area contributed by atoms with Gasteiger partial charge in [-0.05, 0) is 17.7 Å². The first-order chi connectivity index (χ1) is 6.87. The van der Waals surface area contributed by atoms with Crippen molar-refractivity contribution in [1.82, 2.24) is 0 Å². The van der Waals surface area contributed by atoms with Crippen molar-refractivity contribution in [3.05, 3.63) is 29.8 Å². The summed E-state index contributed by atoms with van der Waals surface area (Å²) in [5.41, 5.74) is 6.88. The maximum atomic E-state index is 10.9. The van der Waals surface area contributed by atoms with Gasteiger partial charge < -0.3 is 5.73 Å². The Morgan fingerprint density at radius 1 is 1.40 bits per heavy atom. The summed E-state index contributed by atoms with van der Waals surface area (Å²) in [7, 11) is -3.21. The first-order valence-electron chi connectivity index (χ1n) is 4.22. The van der Waals surface area contributed by atoms with E-state index < -0.39 is 10.0 Å². The Balaban J connectivity index is 2.77. The van der Waals surface area contributed by atoms with E-state index in [1.54, 1.807) is 24.3 Å². The summed E-state index contributed by atoms with van der Waals surface area (Å²) >= 11 is 4.76. The molecule has 0 unspecified atom stereocenters. The normalized spacial score (nSPS) is 11.0. The maximum absolute atomic E-state index is 10.9. The smallest absolute Gasteiger partial charge is 0.229 e. The highest BCUT2D eigenvalue weighted by atomic mass is 32.2.